The number of carbonyl (C=O) groups excluding carboxylic acids is 3. The first kappa shape index (κ1) is 21.2. The van der Waals surface area contributed by atoms with Crippen LogP contribution in [0.3, 0.4) is 0 Å². The second-order valence-corrected chi connectivity index (χ2v) is 7.26. The Bertz CT molecular complexity index is 890. The number of benzene rings is 2. The van der Waals surface area contributed by atoms with Crippen molar-refractivity contribution in [2.24, 2.45) is 5.92 Å². The normalized spacial score (nSPS) is 11.6. The second-order valence-electron chi connectivity index (χ2n) is 7.26. The van der Waals surface area contributed by atoms with E-state index in [9.17, 15) is 14.4 Å². The Morgan fingerprint density at radius 3 is 2.25 bits per heavy atom. The van der Waals surface area contributed by atoms with Crippen LogP contribution in [0.1, 0.15) is 42.3 Å². The SMILES string of the molecule is CC(=O)Nc1cc(NC(=O)C(NC(=O)c2cccc(C)c2)C(C)C)ccc1C. The molecule has 3 N–H and O–H groups in total. The van der Waals surface area contributed by atoms with Crippen molar-refractivity contribution in [1.29, 1.82) is 0 Å². The van der Waals surface area contributed by atoms with Gasteiger partial charge in [-0.05, 0) is 49.6 Å². The molecule has 0 spiro atoms. The Labute approximate surface area is 165 Å². The van der Waals surface area contributed by atoms with Gasteiger partial charge in [0, 0.05) is 23.9 Å². The molecule has 6 heteroatoms. The first-order valence-electron chi connectivity index (χ1n) is 9.24. The zero-order chi connectivity index (χ0) is 20.8. The lowest BCUT2D eigenvalue weighted by Crippen LogP contribution is -2.47. The monoisotopic (exact) mass is 381 g/mol. The van der Waals surface area contributed by atoms with Crippen LogP contribution in [0.15, 0.2) is 42.5 Å². The van der Waals surface area contributed by atoms with Gasteiger partial charge in [-0.25, -0.2) is 0 Å². The van der Waals surface area contributed by atoms with Crippen molar-refractivity contribution in [2.45, 2.75) is 40.7 Å². The molecule has 0 aliphatic carbocycles. The summed E-state index contributed by atoms with van der Waals surface area (Å²) in [6.07, 6.45) is 0. The molecule has 2 rings (SSSR count). The van der Waals surface area contributed by atoms with Gasteiger partial charge in [0.15, 0.2) is 0 Å². The molecule has 1 atom stereocenters. The lowest BCUT2D eigenvalue weighted by molar-refractivity contribution is -0.119. The van der Waals surface area contributed by atoms with E-state index in [1.165, 1.54) is 6.92 Å². The Balaban J connectivity index is 2.15. The molecule has 0 radical (unpaired) electrons. The number of amides is 3. The highest BCUT2D eigenvalue weighted by atomic mass is 16.2. The molecule has 0 fully saturated rings. The van der Waals surface area contributed by atoms with Gasteiger partial charge in [-0.1, -0.05) is 37.6 Å². The van der Waals surface area contributed by atoms with E-state index in [1.807, 2.05) is 45.9 Å². The van der Waals surface area contributed by atoms with Gasteiger partial charge in [-0.15, -0.1) is 0 Å². The minimum absolute atomic E-state index is 0.103. The zero-order valence-electron chi connectivity index (χ0n) is 16.9. The molecule has 0 bridgehead atoms. The van der Waals surface area contributed by atoms with Gasteiger partial charge in [-0.2, -0.15) is 0 Å². The molecule has 0 aliphatic rings. The smallest absolute Gasteiger partial charge is 0.251 e. The molecule has 0 saturated carbocycles. The molecule has 0 heterocycles. The average Bonchev–Trinajstić information content (AvgIpc) is 2.61. The summed E-state index contributed by atoms with van der Waals surface area (Å²) in [4.78, 5) is 36.7. The standard InChI is InChI=1S/C22H27N3O3/c1-13(2)20(25-21(27)17-8-6-7-14(3)11-17)22(28)24-18-10-9-15(4)19(12-18)23-16(5)26/h6-13,20H,1-5H3,(H,23,26)(H,24,28)(H,25,27). The maximum Gasteiger partial charge on any atom is 0.251 e. The summed E-state index contributed by atoms with van der Waals surface area (Å²) in [7, 11) is 0. The van der Waals surface area contributed by atoms with Gasteiger partial charge in [0.1, 0.15) is 6.04 Å². The highest BCUT2D eigenvalue weighted by Gasteiger charge is 2.25. The number of aryl methyl sites for hydroxylation is 2. The number of carbonyl (C=O) groups is 3. The number of nitrogens with one attached hydrogen (secondary N) is 3. The van der Waals surface area contributed by atoms with Gasteiger partial charge in [0.2, 0.25) is 11.8 Å². The quantitative estimate of drug-likeness (QED) is 0.714. The van der Waals surface area contributed by atoms with Crippen LogP contribution in [0.5, 0.6) is 0 Å². The second kappa shape index (κ2) is 9.17. The van der Waals surface area contributed by atoms with Crippen LogP contribution in [0.25, 0.3) is 0 Å². The van der Waals surface area contributed by atoms with E-state index in [1.54, 1.807) is 24.3 Å². The van der Waals surface area contributed by atoms with Crippen molar-refractivity contribution >= 4 is 29.1 Å². The highest BCUT2D eigenvalue weighted by Crippen LogP contribution is 2.21. The molecular weight excluding hydrogens is 354 g/mol. The molecule has 2 aromatic rings. The van der Waals surface area contributed by atoms with E-state index >= 15 is 0 Å². The number of rotatable bonds is 6. The van der Waals surface area contributed by atoms with Crippen molar-refractivity contribution in [2.75, 3.05) is 10.6 Å². The first-order chi connectivity index (χ1) is 13.2. The third-order valence-electron chi connectivity index (χ3n) is 4.33. The summed E-state index contributed by atoms with van der Waals surface area (Å²) >= 11 is 0. The summed E-state index contributed by atoms with van der Waals surface area (Å²) in [5.41, 5.74) is 3.57. The van der Waals surface area contributed by atoms with Gasteiger partial charge < -0.3 is 16.0 Å². The third kappa shape index (κ3) is 5.67. The van der Waals surface area contributed by atoms with Crippen LogP contribution in [0, 0.1) is 19.8 Å². The highest BCUT2D eigenvalue weighted by molar-refractivity contribution is 6.01. The number of anilines is 2. The van der Waals surface area contributed by atoms with E-state index < -0.39 is 6.04 Å². The maximum atomic E-state index is 12.8. The van der Waals surface area contributed by atoms with E-state index in [-0.39, 0.29) is 23.6 Å². The fourth-order valence-electron chi connectivity index (χ4n) is 2.79. The van der Waals surface area contributed by atoms with Crippen molar-refractivity contribution < 1.29 is 14.4 Å². The fourth-order valence-corrected chi connectivity index (χ4v) is 2.79. The summed E-state index contributed by atoms with van der Waals surface area (Å²) in [5.74, 6) is -0.889. The Morgan fingerprint density at radius 1 is 0.929 bits per heavy atom. The summed E-state index contributed by atoms with van der Waals surface area (Å²) in [6, 6.07) is 11.8. The molecular formula is C22H27N3O3. The Hall–Kier alpha value is -3.15. The summed E-state index contributed by atoms with van der Waals surface area (Å²) in [5, 5.41) is 8.38. The average molecular weight is 381 g/mol. The number of hydrogen-bond acceptors (Lipinski definition) is 3. The van der Waals surface area contributed by atoms with Crippen LogP contribution in [0.4, 0.5) is 11.4 Å². The molecule has 28 heavy (non-hydrogen) atoms. The van der Waals surface area contributed by atoms with Crippen LogP contribution >= 0.6 is 0 Å². The molecule has 0 aliphatic heterocycles. The van der Waals surface area contributed by atoms with E-state index in [4.69, 9.17) is 0 Å². The molecule has 0 saturated heterocycles. The molecule has 2 aromatic carbocycles. The number of hydrogen-bond donors (Lipinski definition) is 3. The molecule has 148 valence electrons. The van der Waals surface area contributed by atoms with Crippen molar-refractivity contribution in [3.05, 3.63) is 59.2 Å². The van der Waals surface area contributed by atoms with Crippen LogP contribution in [-0.2, 0) is 9.59 Å². The van der Waals surface area contributed by atoms with Crippen molar-refractivity contribution in [3.8, 4) is 0 Å². The molecule has 6 nitrogen and oxygen atoms in total. The summed E-state index contributed by atoms with van der Waals surface area (Å²) in [6.45, 7) is 8.96. The lowest BCUT2D eigenvalue weighted by Gasteiger charge is -2.22. The fraction of sp³-hybridized carbons (Fsp3) is 0.318. The Morgan fingerprint density at radius 2 is 1.64 bits per heavy atom. The van der Waals surface area contributed by atoms with E-state index in [0.29, 0.717) is 16.9 Å². The first-order valence-corrected chi connectivity index (χ1v) is 9.24. The van der Waals surface area contributed by atoms with Crippen molar-refractivity contribution in [3.63, 3.8) is 0 Å². The third-order valence-corrected chi connectivity index (χ3v) is 4.33. The van der Waals surface area contributed by atoms with E-state index in [0.717, 1.165) is 11.1 Å². The minimum atomic E-state index is -0.696. The van der Waals surface area contributed by atoms with Gasteiger partial charge >= 0.3 is 0 Å². The predicted octanol–water partition coefficient (Wildman–Crippen LogP) is 3.65. The van der Waals surface area contributed by atoms with Gasteiger partial charge in [0.25, 0.3) is 5.91 Å². The van der Waals surface area contributed by atoms with Crippen LogP contribution in [-0.4, -0.2) is 23.8 Å². The van der Waals surface area contributed by atoms with Crippen LogP contribution in [0.2, 0.25) is 0 Å². The maximum absolute atomic E-state index is 12.8. The van der Waals surface area contributed by atoms with Crippen LogP contribution < -0.4 is 16.0 Å². The van der Waals surface area contributed by atoms with Gasteiger partial charge in [0.05, 0.1) is 0 Å². The van der Waals surface area contributed by atoms with Crippen molar-refractivity contribution in [1.82, 2.24) is 5.32 Å². The molecule has 0 aromatic heterocycles. The predicted molar refractivity (Wildman–Crippen MR) is 111 cm³/mol. The topological polar surface area (TPSA) is 87.3 Å². The van der Waals surface area contributed by atoms with E-state index in [2.05, 4.69) is 16.0 Å². The van der Waals surface area contributed by atoms with Gasteiger partial charge in [-0.3, -0.25) is 14.4 Å². The molecule has 1 unspecified atom stereocenters. The minimum Gasteiger partial charge on any atom is -0.340 e. The molecule has 3 amide bonds. The lowest BCUT2D eigenvalue weighted by atomic mass is 10.0. The summed E-state index contributed by atoms with van der Waals surface area (Å²) < 4.78 is 0. The zero-order valence-corrected chi connectivity index (χ0v) is 16.9. The largest absolute Gasteiger partial charge is 0.340 e. The Kier molecular flexibility index (Phi) is 6.93.